The minimum Gasteiger partial charge on any atom is -0.320 e. The van der Waals surface area contributed by atoms with E-state index in [9.17, 15) is 0 Å². The summed E-state index contributed by atoms with van der Waals surface area (Å²) < 4.78 is 0. The molecule has 1 heterocycles. The van der Waals surface area contributed by atoms with Crippen molar-refractivity contribution in [1.82, 2.24) is 10.2 Å². The van der Waals surface area contributed by atoms with Crippen LogP contribution in [-0.4, -0.2) is 10.2 Å². The van der Waals surface area contributed by atoms with E-state index < -0.39 is 0 Å². The van der Waals surface area contributed by atoms with Crippen molar-refractivity contribution in [3.63, 3.8) is 0 Å². The van der Waals surface area contributed by atoms with Gasteiger partial charge in [0, 0.05) is 21.8 Å². The fourth-order valence-corrected chi connectivity index (χ4v) is 1.89. The van der Waals surface area contributed by atoms with Gasteiger partial charge in [0.15, 0.2) is 0 Å². The second-order valence-electron chi connectivity index (χ2n) is 3.18. The van der Waals surface area contributed by atoms with Crippen molar-refractivity contribution >= 4 is 23.2 Å². The summed E-state index contributed by atoms with van der Waals surface area (Å²) in [5, 5.41) is 7.72. The summed E-state index contributed by atoms with van der Waals surface area (Å²) in [5.74, 6) is 0. The summed E-state index contributed by atoms with van der Waals surface area (Å²) in [6, 6.07) is 4.98. The zero-order chi connectivity index (χ0) is 10.8. The molecule has 0 aliphatic heterocycles. The van der Waals surface area contributed by atoms with Gasteiger partial charge in [0.05, 0.1) is 12.2 Å². The van der Waals surface area contributed by atoms with Gasteiger partial charge in [0.1, 0.15) is 0 Å². The van der Waals surface area contributed by atoms with E-state index in [1.54, 1.807) is 24.5 Å². The highest BCUT2D eigenvalue weighted by atomic mass is 35.5. The number of hydrogen-bond donors (Lipinski definition) is 2. The van der Waals surface area contributed by atoms with Crippen LogP contribution in [0.1, 0.15) is 17.2 Å². The monoisotopic (exact) mass is 241 g/mol. The Balaban J connectivity index is 2.38. The molecule has 5 heteroatoms. The van der Waals surface area contributed by atoms with E-state index in [1.807, 2.05) is 6.07 Å². The molecule has 78 valence electrons. The minimum absolute atomic E-state index is 0.284. The molecule has 3 nitrogen and oxygen atoms in total. The second kappa shape index (κ2) is 4.23. The molecule has 2 aromatic rings. The maximum Gasteiger partial charge on any atom is 0.0597 e. The molecule has 1 aromatic carbocycles. The predicted octanol–water partition coefficient (Wildman–Crippen LogP) is 2.76. The normalized spacial score (nSPS) is 12.7. The first kappa shape index (κ1) is 10.5. The topological polar surface area (TPSA) is 54.7 Å². The second-order valence-corrected chi connectivity index (χ2v) is 4.02. The van der Waals surface area contributed by atoms with Gasteiger partial charge in [-0.2, -0.15) is 5.10 Å². The highest BCUT2D eigenvalue weighted by Gasteiger charge is 2.13. The lowest BCUT2D eigenvalue weighted by atomic mass is 10.0. The number of benzene rings is 1. The molecule has 3 N–H and O–H groups in total. The Kier molecular flexibility index (Phi) is 2.95. The quantitative estimate of drug-likeness (QED) is 0.850. The fourth-order valence-electron chi connectivity index (χ4n) is 1.36. The lowest BCUT2D eigenvalue weighted by Gasteiger charge is -2.11. The van der Waals surface area contributed by atoms with Crippen LogP contribution in [0.4, 0.5) is 0 Å². The van der Waals surface area contributed by atoms with Gasteiger partial charge in [-0.1, -0.05) is 29.3 Å². The van der Waals surface area contributed by atoms with Crippen LogP contribution in [0.2, 0.25) is 10.0 Å². The average molecular weight is 242 g/mol. The number of aromatic amines is 1. The van der Waals surface area contributed by atoms with Crippen LogP contribution in [0.5, 0.6) is 0 Å². The Morgan fingerprint density at radius 2 is 2.13 bits per heavy atom. The van der Waals surface area contributed by atoms with Gasteiger partial charge in [-0.05, 0) is 17.7 Å². The van der Waals surface area contributed by atoms with Gasteiger partial charge < -0.3 is 5.73 Å². The summed E-state index contributed by atoms with van der Waals surface area (Å²) in [6.07, 6.45) is 3.42. The van der Waals surface area contributed by atoms with Gasteiger partial charge in [0.25, 0.3) is 0 Å². The molecule has 0 fully saturated rings. The number of halogens is 2. The Hall–Kier alpha value is -1.03. The van der Waals surface area contributed by atoms with E-state index >= 15 is 0 Å². The smallest absolute Gasteiger partial charge is 0.0597 e. The zero-order valence-corrected chi connectivity index (χ0v) is 9.26. The van der Waals surface area contributed by atoms with Crippen LogP contribution in [0.15, 0.2) is 30.6 Å². The summed E-state index contributed by atoms with van der Waals surface area (Å²) in [6.45, 7) is 0. The van der Waals surface area contributed by atoms with Crippen LogP contribution in [-0.2, 0) is 0 Å². The lowest BCUT2D eigenvalue weighted by Crippen LogP contribution is -2.11. The van der Waals surface area contributed by atoms with Crippen LogP contribution in [0.25, 0.3) is 0 Å². The number of H-pyrrole nitrogens is 1. The molecule has 1 unspecified atom stereocenters. The number of nitrogens with two attached hydrogens (primary N) is 1. The minimum atomic E-state index is -0.284. The van der Waals surface area contributed by atoms with Crippen LogP contribution >= 0.6 is 23.2 Å². The van der Waals surface area contributed by atoms with Crippen molar-refractivity contribution in [3.8, 4) is 0 Å². The Labute approximate surface area is 97.2 Å². The third-order valence-corrected chi connectivity index (χ3v) is 2.74. The van der Waals surface area contributed by atoms with Gasteiger partial charge in [-0.25, -0.2) is 0 Å². The van der Waals surface area contributed by atoms with Gasteiger partial charge in [-0.3, -0.25) is 5.10 Å². The Bertz CT molecular complexity index is 454. The van der Waals surface area contributed by atoms with Crippen molar-refractivity contribution < 1.29 is 0 Å². The first-order chi connectivity index (χ1) is 7.18. The Morgan fingerprint density at radius 1 is 1.33 bits per heavy atom. The number of hydrogen-bond acceptors (Lipinski definition) is 2. The predicted molar refractivity (Wildman–Crippen MR) is 61.1 cm³/mol. The molecule has 1 aromatic heterocycles. The number of nitrogens with zero attached hydrogens (tertiary/aromatic N) is 1. The number of nitrogens with one attached hydrogen (secondary N) is 1. The van der Waals surface area contributed by atoms with Crippen molar-refractivity contribution in [2.24, 2.45) is 5.73 Å². The molecule has 0 saturated heterocycles. The van der Waals surface area contributed by atoms with E-state index in [1.165, 1.54) is 0 Å². The molecule has 0 amide bonds. The molecule has 0 aliphatic carbocycles. The maximum atomic E-state index is 6.05. The molecule has 0 aliphatic rings. The standard InChI is InChI=1S/C10H9Cl2N3/c11-7-1-2-8(9(12)3-7)10(13)6-4-14-15-5-6/h1-5,10H,13H2,(H,14,15). The fraction of sp³-hybridized carbons (Fsp3) is 0.100. The van der Waals surface area contributed by atoms with E-state index in [4.69, 9.17) is 28.9 Å². The molecule has 0 bridgehead atoms. The van der Waals surface area contributed by atoms with Gasteiger partial charge >= 0.3 is 0 Å². The average Bonchev–Trinajstić information content (AvgIpc) is 2.69. The van der Waals surface area contributed by atoms with E-state index in [2.05, 4.69) is 10.2 Å². The first-order valence-electron chi connectivity index (χ1n) is 4.37. The van der Waals surface area contributed by atoms with Crippen LogP contribution in [0, 0.1) is 0 Å². The third-order valence-electron chi connectivity index (χ3n) is 2.18. The maximum absolute atomic E-state index is 6.05. The summed E-state index contributed by atoms with van der Waals surface area (Å²) >= 11 is 11.8. The van der Waals surface area contributed by atoms with Gasteiger partial charge in [-0.15, -0.1) is 0 Å². The molecule has 15 heavy (non-hydrogen) atoms. The van der Waals surface area contributed by atoms with E-state index in [-0.39, 0.29) is 6.04 Å². The molecule has 0 radical (unpaired) electrons. The van der Waals surface area contributed by atoms with Crippen molar-refractivity contribution in [2.75, 3.05) is 0 Å². The molecular formula is C10H9Cl2N3. The molecule has 0 spiro atoms. The molecule has 2 rings (SSSR count). The van der Waals surface area contributed by atoms with Crippen molar-refractivity contribution in [1.29, 1.82) is 0 Å². The Morgan fingerprint density at radius 3 is 2.73 bits per heavy atom. The van der Waals surface area contributed by atoms with Gasteiger partial charge in [0.2, 0.25) is 0 Å². The third kappa shape index (κ3) is 2.15. The van der Waals surface area contributed by atoms with Crippen molar-refractivity contribution in [2.45, 2.75) is 6.04 Å². The SMILES string of the molecule is NC(c1cn[nH]c1)c1ccc(Cl)cc1Cl. The molecule has 0 saturated carbocycles. The van der Waals surface area contributed by atoms with Crippen LogP contribution < -0.4 is 5.73 Å². The highest BCUT2D eigenvalue weighted by molar-refractivity contribution is 6.35. The number of rotatable bonds is 2. The number of aromatic nitrogens is 2. The van der Waals surface area contributed by atoms with E-state index in [0.717, 1.165) is 11.1 Å². The zero-order valence-electron chi connectivity index (χ0n) is 7.74. The molecule has 1 atom stereocenters. The highest BCUT2D eigenvalue weighted by Crippen LogP contribution is 2.28. The van der Waals surface area contributed by atoms with Crippen LogP contribution in [0.3, 0.4) is 0 Å². The molecular weight excluding hydrogens is 233 g/mol. The first-order valence-corrected chi connectivity index (χ1v) is 5.13. The summed E-state index contributed by atoms with van der Waals surface area (Å²) in [7, 11) is 0. The lowest BCUT2D eigenvalue weighted by molar-refractivity contribution is 0.873. The summed E-state index contributed by atoms with van der Waals surface area (Å²) in [5.41, 5.74) is 7.75. The summed E-state index contributed by atoms with van der Waals surface area (Å²) in [4.78, 5) is 0. The van der Waals surface area contributed by atoms with E-state index in [0.29, 0.717) is 10.0 Å². The van der Waals surface area contributed by atoms with Crippen molar-refractivity contribution in [3.05, 3.63) is 51.8 Å². The largest absolute Gasteiger partial charge is 0.320 e.